The van der Waals surface area contributed by atoms with E-state index in [2.05, 4.69) is 5.43 Å². The summed E-state index contributed by atoms with van der Waals surface area (Å²) < 4.78 is 24.4. The molecule has 0 aromatic heterocycles. The molecule has 0 radical (unpaired) electrons. The van der Waals surface area contributed by atoms with Gasteiger partial charge >= 0.3 is 0 Å². The molecule has 0 bridgehead atoms. The van der Waals surface area contributed by atoms with E-state index in [1.54, 1.807) is 12.1 Å². The van der Waals surface area contributed by atoms with Gasteiger partial charge in [-0.15, -0.1) is 4.83 Å². The molecule has 0 saturated heterocycles. The molecule has 0 fully saturated rings. The highest BCUT2D eigenvalue weighted by molar-refractivity contribution is 7.89. The monoisotopic (exact) mass is 386 g/mol. The highest BCUT2D eigenvalue weighted by Gasteiger charge is 2.17. The van der Waals surface area contributed by atoms with Gasteiger partial charge in [-0.2, -0.15) is 0 Å². The van der Waals surface area contributed by atoms with Gasteiger partial charge in [0.25, 0.3) is 15.9 Å². The van der Waals surface area contributed by atoms with Crippen molar-refractivity contribution in [2.45, 2.75) is 24.7 Å². The second kappa shape index (κ2) is 7.98. The van der Waals surface area contributed by atoms with Crippen molar-refractivity contribution >= 4 is 39.1 Å². The van der Waals surface area contributed by atoms with E-state index in [1.165, 1.54) is 30.3 Å². The molecule has 2 rings (SSSR count). The summed E-state index contributed by atoms with van der Waals surface area (Å²) in [7, 11) is -3.88. The topological polar surface area (TPSA) is 75.3 Å². The number of halogens is 2. The fourth-order valence-corrected chi connectivity index (χ4v) is 3.25. The quantitative estimate of drug-likeness (QED) is 0.745. The number of aryl methyl sites for hydroxylation is 1. The van der Waals surface area contributed by atoms with Crippen LogP contribution in [0.2, 0.25) is 10.0 Å². The molecular formula is C16H16Cl2N2O3S. The van der Waals surface area contributed by atoms with Crippen LogP contribution < -0.4 is 10.3 Å². The second-order valence-corrected chi connectivity index (χ2v) is 7.60. The van der Waals surface area contributed by atoms with Crippen molar-refractivity contribution < 1.29 is 13.2 Å². The molecule has 0 unspecified atom stereocenters. The van der Waals surface area contributed by atoms with E-state index in [0.717, 1.165) is 18.4 Å². The lowest BCUT2D eigenvalue weighted by molar-refractivity contribution is 0.0945. The second-order valence-electron chi connectivity index (χ2n) is 5.08. The maximum absolute atomic E-state index is 12.2. The van der Waals surface area contributed by atoms with E-state index in [9.17, 15) is 13.2 Å². The van der Waals surface area contributed by atoms with Crippen molar-refractivity contribution in [3.63, 3.8) is 0 Å². The molecular weight excluding hydrogens is 371 g/mol. The van der Waals surface area contributed by atoms with Crippen molar-refractivity contribution in [1.82, 2.24) is 10.3 Å². The zero-order valence-corrected chi connectivity index (χ0v) is 15.2. The zero-order chi connectivity index (χ0) is 17.7. The zero-order valence-electron chi connectivity index (χ0n) is 12.8. The molecule has 5 nitrogen and oxygen atoms in total. The van der Waals surface area contributed by atoms with Crippen LogP contribution in [0.4, 0.5) is 0 Å². The van der Waals surface area contributed by atoms with E-state index < -0.39 is 15.9 Å². The predicted octanol–water partition coefficient (Wildman–Crippen LogP) is 3.57. The van der Waals surface area contributed by atoms with Crippen LogP contribution in [0, 0.1) is 0 Å². The molecule has 8 heteroatoms. The number of sulfonamides is 1. The standard InChI is InChI=1S/C16H16Cl2N2O3S/c1-2-3-11-4-7-13(8-5-11)24(22,23)20-19-16(21)14-10-12(17)6-9-15(14)18/h4-10,20H,2-3H2,1H3,(H,19,21). The Labute approximate surface area is 151 Å². The number of amides is 1. The van der Waals surface area contributed by atoms with Crippen LogP contribution in [0.5, 0.6) is 0 Å². The van der Waals surface area contributed by atoms with Crippen molar-refractivity contribution in [1.29, 1.82) is 0 Å². The lowest BCUT2D eigenvalue weighted by atomic mass is 10.1. The lowest BCUT2D eigenvalue weighted by Crippen LogP contribution is -2.41. The maximum atomic E-state index is 12.2. The minimum Gasteiger partial charge on any atom is -0.273 e. The van der Waals surface area contributed by atoms with Crippen molar-refractivity contribution in [3.8, 4) is 0 Å². The number of benzene rings is 2. The Morgan fingerprint density at radius 3 is 2.38 bits per heavy atom. The number of carbonyl (C=O) groups excluding carboxylic acids is 1. The predicted molar refractivity (Wildman–Crippen MR) is 94.7 cm³/mol. The van der Waals surface area contributed by atoms with Crippen molar-refractivity contribution in [2.24, 2.45) is 0 Å². The van der Waals surface area contributed by atoms with E-state index in [4.69, 9.17) is 23.2 Å². The van der Waals surface area contributed by atoms with Crippen LogP contribution in [0.25, 0.3) is 0 Å². The van der Waals surface area contributed by atoms with Gasteiger partial charge in [0.15, 0.2) is 0 Å². The summed E-state index contributed by atoms with van der Waals surface area (Å²) >= 11 is 11.7. The molecule has 0 aliphatic rings. The Morgan fingerprint density at radius 1 is 1.08 bits per heavy atom. The van der Waals surface area contributed by atoms with Crippen LogP contribution in [0.3, 0.4) is 0 Å². The average Bonchev–Trinajstić information content (AvgIpc) is 2.56. The number of nitrogens with one attached hydrogen (secondary N) is 2. The Bertz CT molecular complexity index is 837. The van der Waals surface area contributed by atoms with E-state index in [0.29, 0.717) is 5.02 Å². The average molecular weight is 387 g/mol. The van der Waals surface area contributed by atoms with Gasteiger partial charge in [-0.25, -0.2) is 8.42 Å². The molecule has 0 spiro atoms. The van der Waals surface area contributed by atoms with Gasteiger partial charge in [-0.05, 0) is 42.3 Å². The molecule has 0 atom stereocenters. The molecule has 2 N–H and O–H groups in total. The molecule has 0 aliphatic heterocycles. The first-order chi connectivity index (χ1) is 11.3. The van der Waals surface area contributed by atoms with Gasteiger partial charge in [0.05, 0.1) is 15.5 Å². The van der Waals surface area contributed by atoms with E-state index in [-0.39, 0.29) is 15.5 Å². The molecule has 0 aliphatic carbocycles. The normalized spacial score (nSPS) is 11.3. The molecule has 24 heavy (non-hydrogen) atoms. The summed E-state index contributed by atoms with van der Waals surface area (Å²) in [5.74, 6) is -0.700. The third-order valence-electron chi connectivity index (χ3n) is 3.24. The number of hydrazine groups is 1. The molecule has 2 aromatic rings. The van der Waals surface area contributed by atoms with Crippen molar-refractivity contribution in [2.75, 3.05) is 0 Å². The minimum absolute atomic E-state index is 0.0554. The number of hydrogen-bond acceptors (Lipinski definition) is 3. The summed E-state index contributed by atoms with van der Waals surface area (Å²) in [5, 5.41) is 0.485. The summed E-state index contributed by atoms with van der Waals surface area (Å²) in [6.07, 6.45) is 1.85. The number of rotatable bonds is 6. The van der Waals surface area contributed by atoms with Gasteiger partial charge in [0.1, 0.15) is 0 Å². The van der Waals surface area contributed by atoms with Crippen LogP contribution in [-0.2, 0) is 16.4 Å². The first kappa shape index (κ1) is 18.7. The van der Waals surface area contributed by atoms with Gasteiger partial charge in [0, 0.05) is 5.02 Å². The third-order valence-corrected chi connectivity index (χ3v) is 5.07. The lowest BCUT2D eigenvalue weighted by Gasteiger charge is -2.10. The van der Waals surface area contributed by atoms with Gasteiger partial charge < -0.3 is 0 Å². The molecule has 128 valence electrons. The van der Waals surface area contributed by atoms with E-state index in [1.807, 2.05) is 11.8 Å². The Balaban J connectivity index is 2.09. The summed E-state index contributed by atoms with van der Waals surface area (Å²) in [4.78, 5) is 14.2. The Hall–Kier alpha value is -1.60. The first-order valence-electron chi connectivity index (χ1n) is 7.19. The highest BCUT2D eigenvalue weighted by atomic mass is 35.5. The van der Waals surface area contributed by atoms with Gasteiger partial charge in [-0.3, -0.25) is 10.2 Å². The molecule has 0 heterocycles. The Morgan fingerprint density at radius 2 is 1.75 bits per heavy atom. The summed E-state index contributed by atoms with van der Waals surface area (Å²) in [5.41, 5.74) is 3.25. The summed E-state index contributed by atoms with van der Waals surface area (Å²) in [6.45, 7) is 2.04. The van der Waals surface area contributed by atoms with Crippen molar-refractivity contribution in [3.05, 3.63) is 63.6 Å². The molecule has 2 aromatic carbocycles. The minimum atomic E-state index is -3.88. The maximum Gasteiger partial charge on any atom is 0.267 e. The van der Waals surface area contributed by atoms with Crippen LogP contribution in [0.1, 0.15) is 29.3 Å². The Kier molecular flexibility index (Phi) is 6.23. The van der Waals surface area contributed by atoms with Crippen LogP contribution in [0.15, 0.2) is 47.4 Å². The fraction of sp³-hybridized carbons (Fsp3) is 0.188. The SMILES string of the molecule is CCCc1ccc(S(=O)(=O)NNC(=O)c2cc(Cl)ccc2Cl)cc1. The van der Waals surface area contributed by atoms with Crippen LogP contribution in [-0.4, -0.2) is 14.3 Å². The fourth-order valence-electron chi connectivity index (χ4n) is 2.04. The molecule has 0 saturated carbocycles. The number of hydrogen-bond donors (Lipinski definition) is 2. The number of carbonyl (C=O) groups is 1. The molecule has 1 amide bonds. The smallest absolute Gasteiger partial charge is 0.267 e. The van der Waals surface area contributed by atoms with Crippen LogP contribution >= 0.6 is 23.2 Å². The van der Waals surface area contributed by atoms with Gasteiger partial charge in [-0.1, -0.05) is 48.7 Å². The highest BCUT2D eigenvalue weighted by Crippen LogP contribution is 2.20. The van der Waals surface area contributed by atoms with Gasteiger partial charge in [0.2, 0.25) is 0 Å². The first-order valence-corrected chi connectivity index (χ1v) is 9.43. The largest absolute Gasteiger partial charge is 0.273 e. The summed E-state index contributed by atoms with van der Waals surface area (Å²) in [6, 6.07) is 10.8. The third kappa shape index (κ3) is 4.70. The van der Waals surface area contributed by atoms with E-state index >= 15 is 0 Å².